The molecule has 0 bridgehead atoms. The van der Waals surface area contributed by atoms with Gasteiger partial charge in [-0.3, -0.25) is 14.9 Å². The maximum atomic E-state index is 13.0. The summed E-state index contributed by atoms with van der Waals surface area (Å²) in [5.41, 5.74) is 1.87. The average Bonchev–Trinajstić information content (AvgIpc) is 2.72. The average molecular weight is 390 g/mol. The molecule has 6 nitrogen and oxygen atoms in total. The predicted molar refractivity (Wildman–Crippen MR) is 96.6 cm³/mol. The Bertz CT molecular complexity index is 809. The highest BCUT2D eigenvalue weighted by Gasteiger charge is 2.25. The Kier molecular flexibility index (Phi) is 4.53. The number of amides is 1. The van der Waals surface area contributed by atoms with E-state index in [2.05, 4.69) is 28.2 Å². The molecule has 1 unspecified atom stereocenters. The molecule has 3 rings (SSSR count). The molecule has 0 fully saturated rings. The molecule has 0 aliphatic carbocycles. The van der Waals surface area contributed by atoms with E-state index in [1.807, 2.05) is 24.3 Å². The molecule has 1 amide bonds. The number of anilines is 2. The third-order valence-electron chi connectivity index (χ3n) is 4.02. The van der Waals surface area contributed by atoms with E-state index in [1.54, 1.807) is 11.0 Å². The number of fused-ring (bicyclic) bond motifs is 1. The molecule has 1 heterocycles. The summed E-state index contributed by atoms with van der Waals surface area (Å²) in [7, 11) is 0. The molecule has 7 heteroatoms. The van der Waals surface area contributed by atoms with Gasteiger partial charge in [-0.25, -0.2) is 0 Å². The van der Waals surface area contributed by atoms with Gasteiger partial charge in [0.15, 0.2) is 0 Å². The molecule has 1 aliphatic heterocycles. The number of halogens is 1. The molecule has 1 atom stereocenters. The Balaban J connectivity index is 2.01. The van der Waals surface area contributed by atoms with Gasteiger partial charge in [0.05, 0.1) is 20.8 Å². The van der Waals surface area contributed by atoms with E-state index in [4.69, 9.17) is 0 Å². The summed E-state index contributed by atoms with van der Waals surface area (Å²) in [6, 6.07) is 12.3. The minimum Gasteiger partial charge on any atom is -0.381 e. The summed E-state index contributed by atoms with van der Waals surface area (Å²) in [5, 5.41) is 14.5. The lowest BCUT2D eigenvalue weighted by Gasteiger charge is -2.22. The summed E-state index contributed by atoms with van der Waals surface area (Å²) in [5.74, 6) is -0.242. The number of benzene rings is 2. The first kappa shape index (κ1) is 16.4. The molecule has 0 radical (unpaired) electrons. The summed E-state index contributed by atoms with van der Waals surface area (Å²) in [4.78, 5) is 25.3. The number of hydrogen-bond donors (Lipinski definition) is 1. The normalized spacial score (nSPS) is 16.8. The van der Waals surface area contributed by atoms with Crippen LogP contribution in [0.2, 0.25) is 0 Å². The van der Waals surface area contributed by atoms with Crippen LogP contribution < -0.4 is 10.2 Å². The van der Waals surface area contributed by atoms with E-state index in [9.17, 15) is 14.9 Å². The molecule has 1 aliphatic rings. The van der Waals surface area contributed by atoms with Gasteiger partial charge in [-0.15, -0.1) is 0 Å². The van der Waals surface area contributed by atoms with Gasteiger partial charge in [0.25, 0.3) is 11.6 Å². The number of nitrogens with one attached hydrogen (secondary N) is 1. The van der Waals surface area contributed by atoms with Gasteiger partial charge >= 0.3 is 0 Å². The molecule has 0 spiro atoms. The fourth-order valence-corrected chi connectivity index (χ4v) is 3.16. The predicted octanol–water partition coefficient (Wildman–Crippen LogP) is 4.21. The van der Waals surface area contributed by atoms with Gasteiger partial charge in [0.2, 0.25) is 0 Å². The van der Waals surface area contributed by atoms with Crippen molar-refractivity contribution in [2.24, 2.45) is 0 Å². The lowest BCUT2D eigenvalue weighted by Crippen LogP contribution is -2.32. The van der Waals surface area contributed by atoms with Crippen molar-refractivity contribution in [3.8, 4) is 0 Å². The van der Waals surface area contributed by atoms with Crippen LogP contribution in [0.5, 0.6) is 0 Å². The van der Waals surface area contributed by atoms with Crippen LogP contribution in [0.3, 0.4) is 0 Å². The number of carbonyl (C=O) groups is 1. The Hall–Kier alpha value is -2.41. The highest BCUT2D eigenvalue weighted by Crippen LogP contribution is 2.32. The first-order chi connectivity index (χ1) is 11.5. The zero-order chi connectivity index (χ0) is 17.3. The van der Waals surface area contributed by atoms with Crippen LogP contribution >= 0.6 is 15.9 Å². The number of para-hydroxylation sites is 2. The van der Waals surface area contributed by atoms with Crippen molar-refractivity contribution in [3.63, 3.8) is 0 Å². The maximum absolute atomic E-state index is 13.0. The van der Waals surface area contributed by atoms with Gasteiger partial charge in [-0.2, -0.15) is 0 Å². The monoisotopic (exact) mass is 389 g/mol. The number of nitro groups is 1. The largest absolute Gasteiger partial charge is 0.381 e. The van der Waals surface area contributed by atoms with E-state index >= 15 is 0 Å². The zero-order valence-corrected chi connectivity index (χ0v) is 14.6. The van der Waals surface area contributed by atoms with Crippen LogP contribution in [0.1, 0.15) is 23.7 Å². The Labute approximate surface area is 147 Å². The van der Waals surface area contributed by atoms with Gasteiger partial charge in [-0.1, -0.05) is 12.1 Å². The molecular weight excluding hydrogens is 374 g/mol. The Morgan fingerprint density at radius 2 is 2.08 bits per heavy atom. The second-order valence-electron chi connectivity index (χ2n) is 5.73. The van der Waals surface area contributed by atoms with Crippen molar-refractivity contribution in [1.82, 2.24) is 0 Å². The van der Waals surface area contributed by atoms with Crippen molar-refractivity contribution < 1.29 is 9.72 Å². The van der Waals surface area contributed by atoms with E-state index < -0.39 is 4.92 Å². The molecule has 2 aromatic carbocycles. The van der Waals surface area contributed by atoms with Gasteiger partial charge in [0.1, 0.15) is 0 Å². The van der Waals surface area contributed by atoms with Crippen LogP contribution in [-0.4, -0.2) is 23.4 Å². The smallest absolute Gasteiger partial charge is 0.284 e. The van der Waals surface area contributed by atoms with E-state index in [0.29, 0.717) is 16.6 Å². The minimum atomic E-state index is -0.499. The molecule has 0 aromatic heterocycles. The number of rotatable bonds is 2. The third kappa shape index (κ3) is 3.12. The van der Waals surface area contributed by atoms with E-state index in [1.165, 1.54) is 12.1 Å². The van der Waals surface area contributed by atoms with Gasteiger partial charge in [-0.05, 0) is 53.5 Å². The van der Waals surface area contributed by atoms with Gasteiger partial charge in [0, 0.05) is 24.2 Å². The molecule has 24 heavy (non-hydrogen) atoms. The number of hydrogen-bond acceptors (Lipinski definition) is 4. The molecule has 2 aromatic rings. The standard InChI is InChI=1S/C17H16BrN3O3/c1-11-8-9-20(15-5-3-2-4-14(15)19-11)17(22)12-6-7-13(18)16(10-12)21(23)24/h2-7,10-11,19H,8-9H2,1H3. The molecular formula is C17H16BrN3O3. The summed E-state index contributed by atoms with van der Waals surface area (Å²) in [6.07, 6.45) is 0.791. The Morgan fingerprint density at radius 1 is 1.33 bits per heavy atom. The number of carbonyl (C=O) groups excluding carboxylic acids is 1. The third-order valence-corrected chi connectivity index (χ3v) is 4.69. The van der Waals surface area contributed by atoms with Crippen molar-refractivity contribution in [3.05, 3.63) is 62.6 Å². The van der Waals surface area contributed by atoms with Crippen LogP contribution in [0.15, 0.2) is 46.9 Å². The highest BCUT2D eigenvalue weighted by atomic mass is 79.9. The van der Waals surface area contributed by atoms with Crippen molar-refractivity contribution in [1.29, 1.82) is 0 Å². The first-order valence-electron chi connectivity index (χ1n) is 7.58. The fourth-order valence-electron chi connectivity index (χ4n) is 2.76. The first-order valence-corrected chi connectivity index (χ1v) is 8.38. The van der Waals surface area contributed by atoms with Crippen LogP contribution in [0.4, 0.5) is 17.1 Å². The van der Waals surface area contributed by atoms with E-state index in [0.717, 1.165) is 17.8 Å². The lowest BCUT2D eigenvalue weighted by molar-refractivity contribution is -0.385. The summed E-state index contributed by atoms with van der Waals surface area (Å²) < 4.78 is 0.357. The van der Waals surface area contributed by atoms with Crippen molar-refractivity contribution >= 4 is 38.9 Å². The lowest BCUT2D eigenvalue weighted by atomic mass is 10.1. The number of nitrogens with zero attached hydrogens (tertiary/aromatic N) is 2. The quantitative estimate of drug-likeness (QED) is 0.616. The van der Waals surface area contributed by atoms with Gasteiger partial charge < -0.3 is 10.2 Å². The van der Waals surface area contributed by atoms with Crippen molar-refractivity contribution in [2.45, 2.75) is 19.4 Å². The zero-order valence-electron chi connectivity index (χ0n) is 13.0. The van der Waals surface area contributed by atoms with Crippen LogP contribution in [0, 0.1) is 10.1 Å². The second-order valence-corrected chi connectivity index (χ2v) is 6.59. The van der Waals surface area contributed by atoms with E-state index in [-0.39, 0.29) is 17.6 Å². The topological polar surface area (TPSA) is 75.5 Å². The maximum Gasteiger partial charge on any atom is 0.284 e. The SMILES string of the molecule is CC1CCN(C(=O)c2ccc(Br)c([N+](=O)[O-])c2)c2ccccc2N1. The summed E-state index contributed by atoms with van der Waals surface area (Å²) in [6.45, 7) is 2.61. The molecule has 0 saturated heterocycles. The fraction of sp³-hybridized carbons (Fsp3) is 0.235. The van der Waals surface area contributed by atoms with Crippen LogP contribution in [0.25, 0.3) is 0 Å². The van der Waals surface area contributed by atoms with Crippen molar-refractivity contribution in [2.75, 3.05) is 16.8 Å². The second kappa shape index (κ2) is 6.60. The highest BCUT2D eigenvalue weighted by molar-refractivity contribution is 9.10. The summed E-state index contributed by atoms with van der Waals surface area (Å²) >= 11 is 3.15. The molecule has 1 N–H and O–H groups in total. The Morgan fingerprint density at radius 3 is 2.83 bits per heavy atom. The molecule has 0 saturated carbocycles. The number of nitro benzene ring substituents is 1. The van der Waals surface area contributed by atoms with Crippen LogP contribution in [-0.2, 0) is 0 Å². The minimum absolute atomic E-state index is 0.115. The molecule has 124 valence electrons.